The molecule has 1 unspecified atom stereocenters. The van der Waals surface area contributed by atoms with Gasteiger partial charge in [0.15, 0.2) is 5.82 Å². The van der Waals surface area contributed by atoms with Crippen molar-refractivity contribution in [2.24, 2.45) is 0 Å². The Hall–Kier alpha value is -3.42. The Labute approximate surface area is 176 Å². The van der Waals surface area contributed by atoms with Gasteiger partial charge in [-0.15, -0.1) is 0 Å². The summed E-state index contributed by atoms with van der Waals surface area (Å²) in [5.74, 6) is 1.21. The van der Waals surface area contributed by atoms with E-state index in [0.717, 1.165) is 11.3 Å². The molecule has 3 rings (SSSR count). The number of H-pyrrole nitrogens is 1. The van der Waals surface area contributed by atoms with Crippen LogP contribution in [-0.4, -0.2) is 49.8 Å². The molecule has 0 aliphatic rings. The van der Waals surface area contributed by atoms with Gasteiger partial charge >= 0.3 is 6.09 Å². The van der Waals surface area contributed by atoms with Gasteiger partial charge in [-0.3, -0.25) is 10.1 Å². The highest BCUT2D eigenvalue weighted by Gasteiger charge is 2.26. The number of hydrogen-bond donors (Lipinski definition) is 2. The molecular weight excluding hydrogens is 380 g/mol. The largest absolute Gasteiger partial charge is 0.444 e. The van der Waals surface area contributed by atoms with Crippen LogP contribution >= 0.6 is 0 Å². The van der Waals surface area contributed by atoms with Crippen molar-refractivity contribution in [1.82, 2.24) is 25.1 Å². The molecule has 8 heteroatoms. The number of rotatable bonds is 7. The molecule has 158 valence electrons. The number of carbonyl (C=O) groups is 1. The molecule has 8 nitrogen and oxygen atoms in total. The Morgan fingerprint density at radius 3 is 2.50 bits per heavy atom. The van der Waals surface area contributed by atoms with Crippen LogP contribution in [0.2, 0.25) is 0 Å². The molecule has 0 fully saturated rings. The van der Waals surface area contributed by atoms with Crippen molar-refractivity contribution in [3.63, 3.8) is 0 Å². The molecule has 2 aromatic heterocycles. The van der Waals surface area contributed by atoms with E-state index in [4.69, 9.17) is 4.74 Å². The zero-order valence-corrected chi connectivity index (χ0v) is 17.8. The molecular formula is C22H28N6O2. The second-order valence-electron chi connectivity index (χ2n) is 7.86. The minimum atomic E-state index is -0.562. The first-order valence-electron chi connectivity index (χ1n) is 9.98. The fourth-order valence-corrected chi connectivity index (χ4v) is 2.88. The second-order valence-corrected chi connectivity index (χ2v) is 7.86. The van der Waals surface area contributed by atoms with Crippen LogP contribution in [0, 0.1) is 0 Å². The quantitative estimate of drug-likeness (QED) is 0.606. The van der Waals surface area contributed by atoms with E-state index < -0.39 is 5.60 Å². The van der Waals surface area contributed by atoms with E-state index in [2.05, 4.69) is 25.5 Å². The Morgan fingerprint density at radius 1 is 1.17 bits per heavy atom. The van der Waals surface area contributed by atoms with E-state index in [9.17, 15) is 4.79 Å². The Bertz CT molecular complexity index is 937. The van der Waals surface area contributed by atoms with Crippen molar-refractivity contribution in [2.45, 2.75) is 39.3 Å². The summed E-state index contributed by atoms with van der Waals surface area (Å²) in [5.41, 5.74) is 1.23. The Morgan fingerprint density at radius 2 is 1.87 bits per heavy atom. The van der Waals surface area contributed by atoms with Crippen LogP contribution in [0.25, 0.3) is 11.4 Å². The summed E-state index contributed by atoms with van der Waals surface area (Å²) >= 11 is 0. The molecule has 0 saturated carbocycles. The molecule has 3 aromatic rings. The maximum atomic E-state index is 12.7. The summed E-state index contributed by atoms with van der Waals surface area (Å²) in [7, 11) is 0. The Balaban J connectivity index is 1.85. The smallest absolute Gasteiger partial charge is 0.410 e. The first-order valence-corrected chi connectivity index (χ1v) is 9.98. The molecule has 0 spiro atoms. The molecule has 0 aliphatic heterocycles. The average molecular weight is 409 g/mol. The lowest BCUT2D eigenvalue weighted by Gasteiger charge is -2.29. The summed E-state index contributed by atoms with van der Waals surface area (Å²) in [5, 5.41) is 10.8. The highest BCUT2D eigenvalue weighted by atomic mass is 16.6. The maximum Gasteiger partial charge on any atom is 0.410 e. The molecule has 0 saturated heterocycles. The number of aromatic amines is 1. The summed E-state index contributed by atoms with van der Waals surface area (Å²) in [6.45, 7) is 8.37. The third-order valence-electron chi connectivity index (χ3n) is 4.32. The number of ether oxygens (including phenoxy) is 1. The molecule has 0 radical (unpaired) electrons. The van der Waals surface area contributed by atoms with Crippen molar-refractivity contribution < 1.29 is 9.53 Å². The van der Waals surface area contributed by atoms with Crippen LogP contribution in [0.3, 0.4) is 0 Å². The van der Waals surface area contributed by atoms with Crippen LogP contribution in [-0.2, 0) is 4.74 Å². The third-order valence-corrected chi connectivity index (χ3v) is 4.32. The second kappa shape index (κ2) is 9.39. The number of amides is 1. The number of nitrogens with zero attached hydrogens (tertiary/aromatic N) is 4. The predicted molar refractivity (Wildman–Crippen MR) is 116 cm³/mol. The van der Waals surface area contributed by atoms with Gasteiger partial charge in [0.25, 0.3) is 0 Å². The monoisotopic (exact) mass is 408 g/mol. The SMILES string of the molecule is CCN(CC(Nc1ccccc1)c1nc(-c2ccncc2)n[nH]1)C(=O)OC(C)(C)C. The van der Waals surface area contributed by atoms with E-state index in [1.54, 1.807) is 17.3 Å². The highest BCUT2D eigenvalue weighted by molar-refractivity contribution is 5.68. The lowest BCUT2D eigenvalue weighted by atomic mass is 10.2. The standard InChI is InChI=1S/C22H28N6O2/c1-5-28(21(29)30-22(2,3)4)15-18(24-17-9-7-6-8-10-17)20-25-19(26-27-20)16-11-13-23-14-12-16/h6-14,18,24H,5,15H2,1-4H3,(H,25,26,27). The highest BCUT2D eigenvalue weighted by Crippen LogP contribution is 2.22. The minimum Gasteiger partial charge on any atom is -0.444 e. The number of nitrogens with one attached hydrogen (secondary N) is 2. The van der Waals surface area contributed by atoms with Crippen molar-refractivity contribution in [3.05, 3.63) is 60.7 Å². The van der Waals surface area contributed by atoms with Gasteiger partial charge in [-0.25, -0.2) is 9.78 Å². The number of aromatic nitrogens is 4. The van der Waals surface area contributed by atoms with Gasteiger partial charge in [0.05, 0.1) is 6.54 Å². The zero-order chi connectivity index (χ0) is 21.6. The number of pyridine rings is 1. The van der Waals surface area contributed by atoms with Crippen LogP contribution in [0.1, 0.15) is 39.6 Å². The number of hydrogen-bond acceptors (Lipinski definition) is 6. The van der Waals surface area contributed by atoms with Gasteiger partial charge in [-0.05, 0) is 52.0 Å². The van der Waals surface area contributed by atoms with Crippen LogP contribution in [0.4, 0.5) is 10.5 Å². The summed E-state index contributed by atoms with van der Waals surface area (Å²) < 4.78 is 5.56. The van der Waals surface area contributed by atoms with Crippen molar-refractivity contribution in [1.29, 1.82) is 0 Å². The lowest BCUT2D eigenvalue weighted by Crippen LogP contribution is -2.40. The van der Waals surface area contributed by atoms with Gasteiger partial charge in [-0.1, -0.05) is 18.2 Å². The van der Waals surface area contributed by atoms with Crippen LogP contribution in [0.15, 0.2) is 54.9 Å². The fraction of sp³-hybridized carbons (Fsp3) is 0.364. The van der Waals surface area contributed by atoms with E-state index in [1.807, 2.05) is 70.2 Å². The molecule has 2 N–H and O–H groups in total. The number of benzene rings is 1. The van der Waals surface area contributed by atoms with Crippen LogP contribution in [0.5, 0.6) is 0 Å². The van der Waals surface area contributed by atoms with Crippen molar-refractivity contribution in [2.75, 3.05) is 18.4 Å². The first kappa shape index (κ1) is 21.3. The normalized spacial score (nSPS) is 12.3. The molecule has 2 heterocycles. The van der Waals surface area contributed by atoms with Gasteiger partial charge < -0.3 is 15.0 Å². The van der Waals surface area contributed by atoms with Crippen LogP contribution < -0.4 is 5.32 Å². The number of carbonyl (C=O) groups excluding carboxylic acids is 1. The zero-order valence-electron chi connectivity index (χ0n) is 17.8. The maximum absolute atomic E-state index is 12.7. The molecule has 0 aliphatic carbocycles. The predicted octanol–water partition coefficient (Wildman–Crippen LogP) is 4.28. The fourth-order valence-electron chi connectivity index (χ4n) is 2.88. The summed E-state index contributed by atoms with van der Waals surface area (Å²) in [6.07, 6.45) is 3.04. The van der Waals surface area contributed by atoms with Gasteiger partial charge in [0, 0.05) is 30.2 Å². The number of likely N-dealkylation sites (N-methyl/N-ethyl adjacent to an activating group) is 1. The van der Waals surface area contributed by atoms with Gasteiger partial charge in [0.2, 0.25) is 0 Å². The summed E-state index contributed by atoms with van der Waals surface area (Å²) in [4.78, 5) is 23.0. The number of para-hydroxylation sites is 1. The third kappa shape index (κ3) is 5.79. The topological polar surface area (TPSA) is 96.0 Å². The average Bonchev–Trinajstić information content (AvgIpc) is 3.21. The molecule has 1 aromatic carbocycles. The molecule has 30 heavy (non-hydrogen) atoms. The van der Waals surface area contributed by atoms with Gasteiger partial charge in [-0.2, -0.15) is 5.10 Å². The molecule has 0 bridgehead atoms. The van der Waals surface area contributed by atoms with Crippen molar-refractivity contribution >= 4 is 11.8 Å². The molecule has 1 amide bonds. The Kier molecular flexibility index (Phi) is 6.66. The summed E-state index contributed by atoms with van der Waals surface area (Å²) in [6, 6.07) is 13.2. The molecule has 1 atom stereocenters. The lowest BCUT2D eigenvalue weighted by molar-refractivity contribution is 0.0251. The van der Waals surface area contributed by atoms with E-state index in [-0.39, 0.29) is 12.1 Å². The van der Waals surface area contributed by atoms with Gasteiger partial charge in [0.1, 0.15) is 17.5 Å². The number of anilines is 1. The van der Waals surface area contributed by atoms with E-state index in [0.29, 0.717) is 24.7 Å². The first-order chi connectivity index (χ1) is 14.4. The van der Waals surface area contributed by atoms with E-state index in [1.165, 1.54) is 0 Å². The van der Waals surface area contributed by atoms with Crippen molar-refractivity contribution in [3.8, 4) is 11.4 Å². The van der Waals surface area contributed by atoms with E-state index >= 15 is 0 Å². The minimum absolute atomic E-state index is 0.303.